The predicted molar refractivity (Wildman–Crippen MR) is 145 cm³/mol. The van der Waals surface area contributed by atoms with Gasteiger partial charge in [-0.1, -0.05) is 48.0 Å². The molecule has 186 valence electrons. The van der Waals surface area contributed by atoms with Gasteiger partial charge in [0, 0.05) is 43.5 Å². The summed E-state index contributed by atoms with van der Waals surface area (Å²) in [6.45, 7) is 2.78. The molecule has 4 heterocycles. The van der Waals surface area contributed by atoms with E-state index in [1.54, 1.807) is 24.9 Å². The third-order valence-corrected chi connectivity index (χ3v) is 7.37. The van der Waals surface area contributed by atoms with Crippen LogP contribution in [0.3, 0.4) is 0 Å². The average Bonchev–Trinajstić information content (AvgIpc) is 3.40. The fourth-order valence-electron chi connectivity index (χ4n) is 5.06. The Morgan fingerprint density at radius 1 is 0.946 bits per heavy atom. The van der Waals surface area contributed by atoms with Crippen LogP contribution < -0.4 is 4.90 Å². The van der Waals surface area contributed by atoms with Gasteiger partial charge >= 0.3 is 0 Å². The lowest BCUT2D eigenvalue weighted by atomic mass is 9.83. The fraction of sp³-hybridized carbons (Fsp3) is 0.207. The molecule has 3 aromatic heterocycles. The monoisotopic (exact) mass is 511 g/mol. The molecule has 2 aromatic carbocycles. The molecule has 1 N–H and O–H groups in total. The van der Waals surface area contributed by atoms with Crippen LogP contribution in [0.4, 0.5) is 5.82 Å². The SMILES string of the molecule is Cn1cncc1C(O)(c1ccncc1)c1ccc2nc(N3CCOCC3)c(-c3ccccc3)c(Cl)c2c1. The van der Waals surface area contributed by atoms with E-state index in [2.05, 4.69) is 14.9 Å². The number of hydrogen-bond donors (Lipinski definition) is 1. The Morgan fingerprint density at radius 3 is 2.41 bits per heavy atom. The smallest absolute Gasteiger partial charge is 0.157 e. The lowest BCUT2D eigenvalue weighted by molar-refractivity contribution is 0.117. The summed E-state index contributed by atoms with van der Waals surface area (Å²) in [6.07, 6.45) is 6.71. The zero-order valence-corrected chi connectivity index (χ0v) is 21.1. The van der Waals surface area contributed by atoms with E-state index in [4.69, 9.17) is 21.3 Å². The van der Waals surface area contributed by atoms with Gasteiger partial charge in [0.1, 0.15) is 5.82 Å². The van der Waals surface area contributed by atoms with Crippen molar-refractivity contribution in [1.29, 1.82) is 0 Å². The van der Waals surface area contributed by atoms with Gasteiger partial charge in [-0.3, -0.25) is 4.98 Å². The number of fused-ring (bicyclic) bond motifs is 1. The first-order valence-corrected chi connectivity index (χ1v) is 12.6. The van der Waals surface area contributed by atoms with Crippen molar-refractivity contribution in [2.75, 3.05) is 31.2 Å². The van der Waals surface area contributed by atoms with Crippen molar-refractivity contribution in [3.63, 3.8) is 0 Å². The normalized spacial score (nSPS) is 15.6. The van der Waals surface area contributed by atoms with Gasteiger partial charge in [-0.05, 0) is 41.0 Å². The molecule has 0 amide bonds. The van der Waals surface area contributed by atoms with E-state index in [0.717, 1.165) is 40.9 Å². The molecule has 0 spiro atoms. The molecule has 0 bridgehead atoms. The summed E-state index contributed by atoms with van der Waals surface area (Å²) in [6, 6.07) is 19.5. The van der Waals surface area contributed by atoms with Crippen molar-refractivity contribution in [3.05, 3.63) is 107 Å². The van der Waals surface area contributed by atoms with Gasteiger partial charge in [-0.2, -0.15) is 0 Å². The summed E-state index contributed by atoms with van der Waals surface area (Å²) >= 11 is 7.22. The Hall–Kier alpha value is -3.78. The van der Waals surface area contributed by atoms with Crippen molar-refractivity contribution in [2.24, 2.45) is 7.05 Å². The van der Waals surface area contributed by atoms with Crippen LogP contribution in [-0.2, 0) is 17.4 Å². The number of morpholine rings is 1. The van der Waals surface area contributed by atoms with E-state index in [0.29, 0.717) is 35.1 Å². The maximum absolute atomic E-state index is 12.3. The van der Waals surface area contributed by atoms with Crippen LogP contribution in [0.15, 0.2) is 85.6 Å². The van der Waals surface area contributed by atoms with Gasteiger partial charge in [-0.15, -0.1) is 0 Å². The van der Waals surface area contributed by atoms with Gasteiger partial charge < -0.3 is 19.3 Å². The van der Waals surface area contributed by atoms with Gasteiger partial charge in [0.05, 0.1) is 42.0 Å². The summed E-state index contributed by atoms with van der Waals surface area (Å²) < 4.78 is 7.40. The zero-order chi connectivity index (χ0) is 25.4. The minimum Gasteiger partial charge on any atom is -0.378 e. The first-order chi connectivity index (χ1) is 18.1. The molecule has 1 atom stereocenters. The third kappa shape index (κ3) is 4.05. The fourth-order valence-corrected chi connectivity index (χ4v) is 5.41. The van der Waals surface area contributed by atoms with E-state index in [-0.39, 0.29) is 0 Å². The van der Waals surface area contributed by atoms with Crippen LogP contribution >= 0.6 is 11.6 Å². The summed E-state index contributed by atoms with van der Waals surface area (Å²) in [4.78, 5) is 15.7. The highest BCUT2D eigenvalue weighted by molar-refractivity contribution is 6.38. The van der Waals surface area contributed by atoms with Crippen molar-refractivity contribution < 1.29 is 9.84 Å². The first-order valence-electron chi connectivity index (χ1n) is 12.2. The lowest BCUT2D eigenvalue weighted by Gasteiger charge is -2.31. The maximum atomic E-state index is 12.3. The Kier molecular flexibility index (Phi) is 6.12. The largest absolute Gasteiger partial charge is 0.378 e. The number of ether oxygens (including phenoxy) is 1. The number of aryl methyl sites for hydroxylation is 1. The molecule has 5 aromatic rings. The van der Waals surface area contributed by atoms with Crippen LogP contribution in [0.1, 0.15) is 16.8 Å². The van der Waals surface area contributed by atoms with Crippen LogP contribution in [0.5, 0.6) is 0 Å². The van der Waals surface area contributed by atoms with Crippen LogP contribution in [0.25, 0.3) is 22.0 Å². The third-order valence-electron chi connectivity index (χ3n) is 6.98. The Bertz CT molecular complexity index is 1550. The standard InChI is InChI=1S/C29H26ClN5O2/c1-34-19-32-18-25(34)29(36,21-9-11-31-12-10-21)22-7-8-24-23(17-22)27(30)26(20-5-3-2-4-6-20)28(33-24)35-13-15-37-16-14-35/h2-12,17-19,36H,13-16H2,1H3. The van der Waals surface area contributed by atoms with E-state index in [1.807, 2.05) is 72.3 Å². The summed E-state index contributed by atoms with van der Waals surface area (Å²) in [5.74, 6) is 0.843. The lowest BCUT2D eigenvalue weighted by Crippen LogP contribution is -2.37. The molecule has 1 saturated heterocycles. The number of rotatable bonds is 5. The van der Waals surface area contributed by atoms with Gasteiger partial charge in [0.2, 0.25) is 0 Å². The highest BCUT2D eigenvalue weighted by atomic mass is 35.5. The minimum atomic E-state index is -1.47. The Morgan fingerprint density at radius 2 is 1.70 bits per heavy atom. The van der Waals surface area contributed by atoms with Crippen molar-refractivity contribution >= 4 is 28.3 Å². The van der Waals surface area contributed by atoms with Crippen molar-refractivity contribution in [1.82, 2.24) is 19.5 Å². The van der Waals surface area contributed by atoms with E-state index < -0.39 is 5.60 Å². The van der Waals surface area contributed by atoms with Crippen molar-refractivity contribution in [2.45, 2.75) is 5.60 Å². The zero-order valence-electron chi connectivity index (χ0n) is 20.4. The number of nitrogens with zero attached hydrogens (tertiary/aromatic N) is 5. The number of halogens is 1. The molecule has 1 aliphatic heterocycles. The summed E-state index contributed by atoms with van der Waals surface area (Å²) in [7, 11) is 1.87. The van der Waals surface area contributed by atoms with Crippen LogP contribution in [-0.4, -0.2) is 50.9 Å². The first kappa shape index (κ1) is 23.6. The predicted octanol–water partition coefficient (Wildman–Crippen LogP) is 4.80. The Balaban J connectivity index is 1.60. The molecular weight excluding hydrogens is 486 g/mol. The van der Waals surface area contributed by atoms with E-state index in [1.165, 1.54) is 0 Å². The van der Waals surface area contributed by atoms with Gasteiger partial charge in [-0.25, -0.2) is 9.97 Å². The number of imidazole rings is 1. The maximum Gasteiger partial charge on any atom is 0.157 e. The molecule has 7 nitrogen and oxygen atoms in total. The molecule has 1 aliphatic rings. The quantitative estimate of drug-likeness (QED) is 0.365. The van der Waals surface area contributed by atoms with Crippen molar-refractivity contribution in [3.8, 4) is 11.1 Å². The number of benzene rings is 2. The molecule has 6 rings (SSSR count). The molecule has 1 unspecified atom stereocenters. The number of aromatic nitrogens is 4. The number of anilines is 1. The van der Waals surface area contributed by atoms with Crippen LogP contribution in [0.2, 0.25) is 5.02 Å². The number of hydrogen-bond acceptors (Lipinski definition) is 6. The average molecular weight is 512 g/mol. The molecule has 1 fully saturated rings. The highest BCUT2D eigenvalue weighted by Gasteiger charge is 2.37. The topological polar surface area (TPSA) is 76.3 Å². The molecule has 0 saturated carbocycles. The molecule has 37 heavy (non-hydrogen) atoms. The number of aliphatic hydroxyl groups is 1. The van der Waals surface area contributed by atoms with Gasteiger partial charge in [0.15, 0.2) is 5.60 Å². The number of pyridine rings is 2. The van der Waals surface area contributed by atoms with E-state index >= 15 is 0 Å². The summed E-state index contributed by atoms with van der Waals surface area (Å²) in [5, 5.41) is 13.7. The second kappa shape index (κ2) is 9.59. The summed E-state index contributed by atoms with van der Waals surface area (Å²) in [5.41, 5.74) is 3.14. The second-order valence-corrected chi connectivity index (χ2v) is 9.54. The molecule has 0 aliphatic carbocycles. The van der Waals surface area contributed by atoms with Gasteiger partial charge in [0.25, 0.3) is 0 Å². The second-order valence-electron chi connectivity index (χ2n) is 9.16. The highest BCUT2D eigenvalue weighted by Crippen LogP contribution is 2.43. The van der Waals surface area contributed by atoms with Crippen LogP contribution in [0, 0.1) is 0 Å². The molecule has 0 radical (unpaired) electrons. The Labute approximate surface area is 220 Å². The minimum absolute atomic E-state index is 0.599. The molecular formula is C29H26ClN5O2. The molecule has 8 heteroatoms. The van der Waals surface area contributed by atoms with E-state index in [9.17, 15) is 5.11 Å².